The largest absolute Gasteiger partial charge is 0.342 e. The van der Waals surface area contributed by atoms with Crippen LogP contribution in [0.2, 0.25) is 0 Å². The van der Waals surface area contributed by atoms with Gasteiger partial charge in [0.05, 0.1) is 0 Å². The average Bonchev–Trinajstić information content (AvgIpc) is 2.57. The molecule has 0 N–H and O–H groups in total. The van der Waals surface area contributed by atoms with E-state index < -0.39 is 0 Å². The maximum atomic E-state index is 4.66. The van der Waals surface area contributed by atoms with Crippen molar-refractivity contribution >= 4 is 0 Å². The molecule has 1 heterocycles. The van der Waals surface area contributed by atoms with E-state index in [1.165, 1.54) is 6.39 Å². The van der Waals surface area contributed by atoms with Gasteiger partial charge in [0.15, 0.2) is 0 Å². The summed E-state index contributed by atoms with van der Waals surface area (Å²) in [5, 5.41) is 3.76. The lowest BCUT2D eigenvalue weighted by Gasteiger charge is -1.97. The molecule has 0 radical (unpaired) electrons. The van der Waals surface area contributed by atoms with E-state index in [2.05, 4.69) is 14.7 Å². The maximum Gasteiger partial charge on any atom is 0.214 e. The molecule has 0 unspecified atom stereocenters. The fourth-order valence-corrected chi connectivity index (χ4v) is 1.11. The van der Waals surface area contributed by atoms with Gasteiger partial charge in [0.1, 0.15) is 0 Å². The van der Waals surface area contributed by atoms with Gasteiger partial charge in [0.25, 0.3) is 0 Å². The van der Waals surface area contributed by atoms with E-state index in [0.717, 1.165) is 11.1 Å². The Morgan fingerprint density at radius 2 is 2.08 bits per heavy atom. The molecule has 1 aromatic carbocycles. The van der Waals surface area contributed by atoms with Crippen LogP contribution in [0.1, 0.15) is 5.56 Å². The molecule has 0 bridgehead atoms. The van der Waals surface area contributed by atoms with Crippen LogP contribution in [-0.2, 0) is 0 Å². The van der Waals surface area contributed by atoms with Crippen molar-refractivity contribution < 1.29 is 4.52 Å². The first-order chi connectivity index (χ1) is 5.88. The highest BCUT2D eigenvalue weighted by atomic mass is 16.5. The summed E-state index contributed by atoms with van der Waals surface area (Å²) < 4.78 is 4.66. The lowest BCUT2D eigenvalue weighted by molar-refractivity contribution is 0.418. The summed E-state index contributed by atoms with van der Waals surface area (Å²) in [5.74, 6) is 0.646. The highest BCUT2D eigenvalue weighted by Gasteiger charge is 2.03. The Kier molecular flexibility index (Phi) is 1.63. The zero-order valence-corrected chi connectivity index (χ0v) is 6.69. The molecule has 0 aliphatic rings. The molecule has 2 rings (SSSR count). The summed E-state index contributed by atoms with van der Waals surface area (Å²) in [6.07, 6.45) is 1.34. The van der Waals surface area contributed by atoms with Crippen LogP contribution in [0.25, 0.3) is 11.4 Å². The summed E-state index contributed by atoms with van der Waals surface area (Å²) in [6.45, 7) is 2.02. The first-order valence-electron chi connectivity index (χ1n) is 3.70. The van der Waals surface area contributed by atoms with Crippen LogP contribution in [0.4, 0.5) is 0 Å². The fourth-order valence-electron chi connectivity index (χ4n) is 1.11. The molecule has 1 aromatic heterocycles. The van der Waals surface area contributed by atoms with Crippen molar-refractivity contribution in [3.63, 3.8) is 0 Å². The molecule has 0 saturated carbocycles. The van der Waals surface area contributed by atoms with Crippen LogP contribution in [0.15, 0.2) is 35.2 Å². The average molecular weight is 160 g/mol. The van der Waals surface area contributed by atoms with Crippen LogP contribution < -0.4 is 0 Å². The molecule has 0 spiro atoms. The van der Waals surface area contributed by atoms with Crippen LogP contribution in [0, 0.1) is 6.92 Å². The van der Waals surface area contributed by atoms with Gasteiger partial charge in [0, 0.05) is 5.56 Å². The number of nitrogens with zero attached hydrogens (tertiary/aromatic N) is 2. The Bertz CT molecular complexity index is 368. The van der Waals surface area contributed by atoms with Crippen molar-refractivity contribution in [2.24, 2.45) is 0 Å². The Morgan fingerprint density at radius 3 is 2.75 bits per heavy atom. The van der Waals surface area contributed by atoms with Gasteiger partial charge in [-0.25, -0.2) is 0 Å². The normalized spacial score (nSPS) is 10.1. The molecule has 0 aliphatic carbocycles. The Balaban J connectivity index is 2.55. The third kappa shape index (κ3) is 1.09. The number of benzene rings is 1. The number of hydrogen-bond acceptors (Lipinski definition) is 3. The van der Waals surface area contributed by atoms with Crippen molar-refractivity contribution in [1.82, 2.24) is 10.1 Å². The summed E-state index contributed by atoms with van der Waals surface area (Å²) in [4.78, 5) is 3.97. The molecular formula is C9H8N2O. The minimum Gasteiger partial charge on any atom is -0.342 e. The summed E-state index contributed by atoms with van der Waals surface area (Å²) in [6, 6.07) is 7.93. The predicted molar refractivity (Wildman–Crippen MR) is 44.5 cm³/mol. The second-order valence-electron chi connectivity index (χ2n) is 2.57. The zero-order chi connectivity index (χ0) is 8.39. The molecule has 2 aromatic rings. The number of rotatable bonds is 1. The zero-order valence-electron chi connectivity index (χ0n) is 6.69. The lowest BCUT2D eigenvalue weighted by atomic mass is 10.1. The van der Waals surface area contributed by atoms with Crippen LogP contribution in [0.5, 0.6) is 0 Å². The van der Waals surface area contributed by atoms with E-state index >= 15 is 0 Å². The van der Waals surface area contributed by atoms with Gasteiger partial charge in [-0.15, -0.1) is 0 Å². The highest BCUT2D eigenvalue weighted by molar-refractivity contribution is 5.58. The summed E-state index contributed by atoms with van der Waals surface area (Å²) in [7, 11) is 0. The van der Waals surface area contributed by atoms with E-state index in [1.807, 2.05) is 31.2 Å². The van der Waals surface area contributed by atoms with Crippen molar-refractivity contribution in [1.29, 1.82) is 0 Å². The first-order valence-corrected chi connectivity index (χ1v) is 3.70. The predicted octanol–water partition coefficient (Wildman–Crippen LogP) is 2.05. The van der Waals surface area contributed by atoms with E-state index in [0.29, 0.717) is 5.82 Å². The fraction of sp³-hybridized carbons (Fsp3) is 0.111. The van der Waals surface area contributed by atoms with E-state index in [9.17, 15) is 0 Å². The van der Waals surface area contributed by atoms with Crippen LogP contribution in [0.3, 0.4) is 0 Å². The SMILES string of the molecule is Cc1ccccc1-c1ncon1. The summed E-state index contributed by atoms with van der Waals surface area (Å²) >= 11 is 0. The molecule has 0 fully saturated rings. The molecule has 0 aliphatic heterocycles. The van der Waals surface area contributed by atoms with Crippen molar-refractivity contribution in [2.45, 2.75) is 6.92 Å². The van der Waals surface area contributed by atoms with Crippen molar-refractivity contribution in [3.05, 3.63) is 36.2 Å². The quantitative estimate of drug-likeness (QED) is 0.640. The molecule has 3 nitrogen and oxygen atoms in total. The molecular weight excluding hydrogens is 152 g/mol. The smallest absolute Gasteiger partial charge is 0.214 e. The number of aryl methyl sites for hydroxylation is 1. The molecule has 12 heavy (non-hydrogen) atoms. The molecule has 0 amide bonds. The van der Waals surface area contributed by atoms with Gasteiger partial charge in [0.2, 0.25) is 12.2 Å². The second kappa shape index (κ2) is 2.77. The van der Waals surface area contributed by atoms with Crippen LogP contribution in [-0.4, -0.2) is 10.1 Å². The van der Waals surface area contributed by atoms with Gasteiger partial charge in [-0.1, -0.05) is 29.4 Å². The van der Waals surface area contributed by atoms with Gasteiger partial charge >= 0.3 is 0 Å². The topological polar surface area (TPSA) is 38.9 Å². The number of aromatic nitrogens is 2. The third-order valence-electron chi connectivity index (χ3n) is 1.75. The van der Waals surface area contributed by atoms with Crippen molar-refractivity contribution in [2.75, 3.05) is 0 Å². The molecule has 0 saturated heterocycles. The molecule has 60 valence electrons. The van der Waals surface area contributed by atoms with Gasteiger partial charge in [-0.3, -0.25) is 0 Å². The van der Waals surface area contributed by atoms with E-state index in [1.54, 1.807) is 0 Å². The van der Waals surface area contributed by atoms with E-state index in [-0.39, 0.29) is 0 Å². The minimum absolute atomic E-state index is 0.646. The summed E-state index contributed by atoms with van der Waals surface area (Å²) in [5.41, 5.74) is 2.17. The Morgan fingerprint density at radius 1 is 1.25 bits per heavy atom. The van der Waals surface area contributed by atoms with Gasteiger partial charge in [-0.2, -0.15) is 4.98 Å². The Hall–Kier alpha value is -1.64. The van der Waals surface area contributed by atoms with Gasteiger partial charge in [-0.05, 0) is 12.5 Å². The van der Waals surface area contributed by atoms with Crippen LogP contribution >= 0.6 is 0 Å². The number of hydrogen-bond donors (Lipinski definition) is 0. The molecule has 0 atom stereocenters. The van der Waals surface area contributed by atoms with Gasteiger partial charge < -0.3 is 4.52 Å². The maximum absolute atomic E-state index is 4.66. The standard InChI is InChI=1S/C9H8N2O/c1-7-4-2-3-5-8(7)9-10-6-12-11-9/h2-6H,1H3. The second-order valence-corrected chi connectivity index (χ2v) is 2.57. The third-order valence-corrected chi connectivity index (χ3v) is 1.75. The van der Waals surface area contributed by atoms with E-state index in [4.69, 9.17) is 0 Å². The highest BCUT2D eigenvalue weighted by Crippen LogP contribution is 2.17. The molecule has 3 heteroatoms. The first kappa shape index (κ1) is 7.03. The minimum atomic E-state index is 0.646. The van der Waals surface area contributed by atoms with Crippen molar-refractivity contribution in [3.8, 4) is 11.4 Å². The monoisotopic (exact) mass is 160 g/mol. The Labute approximate surface area is 70.0 Å². The lowest BCUT2D eigenvalue weighted by Crippen LogP contribution is -1.83.